The number of hydrogen-bond donors (Lipinski definition) is 1. The van der Waals surface area contributed by atoms with Gasteiger partial charge in [0.15, 0.2) is 0 Å². The Hall–Kier alpha value is -2.76. The lowest BCUT2D eigenvalue weighted by molar-refractivity contribution is -0.137. The molecule has 23 heavy (non-hydrogen) atoms. The largest absolute Gasteiger partial charge is 0.480 e. The van der Waals surface area contributed by atoms with Crippen molar-refractivity contribution < 1.29 is 14.7 Å². The summed E-state index contributed by atoms with van der Waals surface area (Å²) in [6.07, 6.45) is 2.04. The van der Waals surface area contributed by atoms with Crippen molar-refractivity contribution in [2.24, 2.45) is 0 Å². The number of hydrogen-bond acceptors (Lipinski definition) is 4. The zero-order valence-corrected chi connectivity index (χ0v) is 13.2. The van der Waals surface area contributed by atoms with E-state index in [1.165, 1.54) is 11.1 Å². The van der Waals surface area contributed by atoms with E-state index in [-0.39, 0.29) is 12.5 Å². The number of aliphatic carboxylic acids is 1. The van der Waals surface area contributed by atoms with Crippen molar-refractivity contribution in [3.63, 3.8) is 0 Å². The summed E-state index contributed by atoms with van der Waals surface area (Å²) in [5.74, 6) is -0.828. The van der Waals surface area contributed by atoms with Crippen LogP contribution in [0.2, 0.25) is 0 Å². The molecule has 0 aliphatic heterocycles. The second-order valence-corrected chi connectivity index (χ2v) is 5.27. The molecule has 1 amide bonds. The van der Waals surface area contributed by atoms with Crippen molar-refractivity contribution in [2.75, 3.05) is 13.1 Å². The maximum atomic E-state index is 12.6. The molecule has 0 aliphatic rings. The van der Waals surface area contributed by atoms with Gasteiger partial charge in [-0.3, -0.25) is 9.59 Å². The molecule has 1 aromatic carbocycles. The van der Waals surface area contributed by atoms with Crippen LogP contribution in [0.5, 0.6) is 0 Å². The highest BCUT2D eigenvalue weighted by Crippen LogP contribution is 2.10. The third-order valence-corrected chi connectivity index (χ3v) is 3.46. The van der Waals surface area contributed by atoms with E-state index in [9.17, 15) is 9.59 Å². The van der Waals surface area contributed by atoms with Gasteiger partial charge in [0.05, 0.1) is 11.3 Å². The van der Waals surface area contributed by atoms with Crippen LogP contribution in [0, 0.1) is 13.8 Å². The Morgan fingerprint density at radius 3 is 2.48 bits per heavy atom. The third-order valence-electron chi connectivity index (χ3n) is 3.46. The number of benzene rings is 1. The number of carboxylic acid groups (broad SMARTS) is 1. The molecule has 0 bridgehead atoms. The summed E-state index contributed by atoms with van der Waals surface area (Å²) in [6, 6.07) is 9.64. The van der Waals surface area contributed by atoms with E-state index in [0.29, 0.717) is 30.0 Å². The summed E-state index contributed by atoms with van der Waals surface area (Å²) in [4.78, 5) is 33.2. The highest BCUT2D eigenvalue weighted by molar-refractivity contribution is 5.96. The zero-order chi connectivity index (χ0) is 16.8. The maximum Gasteiger partial charge on any atom is 0.323 e. The lowest BCUT2D eigenvalue weighted by atomic mass is 10.1. The van der Waals surface area contributed by atoms with Crippen molar-refractivity contribution in [2.45, 2.75) is 20.3 Å². The number of aromatic nitrogens is 2. The summed E-state index contributed by atoms with van der Waals surface area (Å²) >= 11 is 0. The Morgan fingerprint density at radius 1 is 1.17 bits per heavy atom. The molecule has 1 heterocycles. The van der Waals surface area contributed by atoms with E-state index >= 15 is 0 Å². The van der Waals surface area contributed by atoms with Gasteiger partial charge >= 0.3 is 5.97 Å². The highest BCUT2D eigenvalue weighted by atomic mass is 16.4. The number of carbonyl (C=O) groups is 2. The average Bonchev–Trinajstić information content (AvgIpc) is 2.51. The van der Waals surface area contributed by atoms with Gasteiger partial charge in [0.25, 0.3) is 5.91 Å². The summed E-state index contributed by atoms with van der Waals surface area (Å²) < 4.78 is 0. The van der Waals surface area contributed by atoms with E-state index < -0.39 is 5.97 Å². The third kappa shape index (κ3) is 4.60. The predicted octanol–water partition coefficient (Wildman–Crippen LogP) is 1.86. The second-order valence-electron chi connectivity index (χ2n) is 5.27. The molecule has 6 heteroatoms. The summed E-state index contributed by atoms with van der Waals surface area (Å²) in [7, 11) is 0. The highest BCUT2D eigenvalue weighted by Gasteiger charge is 2.21. The molecule has 0 saturated heterocycles. The maximum absolute atomic E-state index is 12.6. The molecule has 6 nitrogen and oxygen atoms in total. The van der Waals surface area contributed by atoms with E-state index in [1.54, 1.807) is 13.8 Å². The standard InChI is InChI=1S/C17H19N3O3/c1-12-15(10-18-13(2)19-12)17(23)20(11-16(21)22)9-8-14-6-4-3-5-7-14/h3-7,10H,8-9,11H2,1-2H3,(H,21,22). The molecular weight excluding hydrogens is 294 g/mol. The molecule has 0 radical (unpaired) electrons. The van der Waals surface area contributed by atoms with Crippen LogP contribution in [0.1, 0.15) is 27.4 Å². The van der Waals surface area contributed by atoms with Gasteiger partial charge in [-0.25, -0.2) is 9.97 Å². The fourth-order valence-corrected chi connectivity index (χ4v) is 2.29. The Balaban J connectivity index is 2.16. The zero-order valence-electron chi connectivity index (χ0n) is 13.2. The summed E-state index contributed by atoms with van der Waals surface area (Å²) in [6.45, 7) is 3.44. The first-order chi connectivity index (χ1) is 11.0. The smallest absolute Gasteiger partial charge is 0.323 e. The van der Waals surface area contributed by atoms with Crippen LogP contribution in [0.25, 0.3) is 0 Å². The van der Waals surface area contributed by atoms with Crippen LogP contribution in [-0.4, -0.2) is 44.9 Å². The Morgan fingerprint density at radius 2 is 1.87 bits per heavy atom. The van der Waals surface area contributed by atoms with Crippen molar-refractivity contribution >= 4 is 11.9 Å². The fraction of sp³-hybridized carbons (Fsp3) is 0.294. The first-order valence-electron chi connectivity index (χ1n) is 7.32. The van der Waals surface area contributed by atoms with Gasteiger partial charge in [-0.2, -0.15) is 0 Å². The Kier molecular flexibility index (Phi) is 5.41. The van der Waals surface area contributed by atoms with E-state index in [2.05, 4.69) is 9.97 Å². The van der Waals surface area contributed by atoms with Crippen molar-refractivity contribution in [3.8, 4) is 0 Å². The van der Waals surface area contributed by atoms with Gasteiger partial charge in [0.2, 0.25) is 0 Å². The minimum absolute atomic E-state index is 0.322. The number of aryl methyl sites for hydroxylation is 2. The fourth-order valence-electron chi connectivity index (χ4n) is 2.29. The predicted molar refractivity (Wildman–Crippen MR) is 85.2 cm³/mol. The Labute approximate surface area is 134 Å². The van der Waals surface area contributed by atoms with Crippen LogP contribution >= 0.6 is 0 Å². The molecule has 120 valence electrons. The van der Waals surface area contributed by atoms with Gasteiger partial charge in [-0.1, -0.05) is 30.3 Å². The minimum Gasteiger partial charge on any atom is -0.480 e. The van der Waals surface area contributed by atoms with Crippen LogP contribution in [0.4, 0.5) is 0 Å². The average molecular weight is 313 g/mol. The number of amides is 1. The summed E-state index contributed by atoms with van der Waals surface area (Å²) in [5.41, 5.74) is 1.94. The molecule has 2 aromatic rings. The first kappa shape index (κ1) is 16.6. The van der Waals surface area contributed by atoms with E-state index in [1.807, 2.05) is 30.3 Å². The van der Waals surface area contributed by atoms with E-state index in [4.69, 9.17) is 5.11 Å². The van der Waals surface area contributed by atoms with Crippen LogP contribution in [0.15, 0.2) is 36.5 Å². The lowest BCUT2D eigenvalue weighted by Crippen LogP contribution is -2.37. The van der Waals surface area contributed by atoms with Crippen molar-refractivity contribution in [1.29, 1.82) is 0 Å². The topological polar surface area (TPSA) is 83.4 Å². The molecule has 2 rings (SSSR count). The molecule has 1 N–H and O–H groups in total. The molecule has 0 saturated carbocycles. The van der Waals surface area contributed by atoms with Gasteiger partial charge in [-0.15, -0.1) is 0 Å². The number of carbonyl (C=O) groups excluding carboxylic acids is 1. The monoisotopic (exact) mass is 313 g/mol. The Bertz CT molecular complexity index is 701. The molecule has 0 spiro atoms. The van der Waals surface area contributed by atoms with Gasteiger partial charge < -0.3 is 10.0 Å². The first-order valence-corrected chi connectivity index (χ1v) is 7.32. The SMILES string of the molecule is Cc1ncc(C(=O)N(CCc2ccccc2)CC(=O)O)c(C)n1. The molecule has 1 aromatic heterocycles. The minimum atomic E-state index is -1.04. The normalized spacial score (nSPS) is 10.3. The molecule has 0 fully saturated rings. The number of rotatable bonds is 6. The lowest BCUT2D eigenvalue weighted by Gasteiger charge is -2.21. The molecule has 0 unspecified atom stereocenters. The van der Waals surface area contributed by atoms with E-state index in [0.717, 1.165) is 5.56 Å². The van der Waals surface area contributed by atoms with Crippen molar-refractivity contribution in [1.82, 2.24) is 14.9 Å². The molecule has 0 atom stereocenters. The number of carboxylic acids is 1. The number of nitrogens with zero attached hydrogens (tertiary/aromatic N) is 3. The van der Waals surface area contributed by atoms with Crippen LogP contribution in [-0.2, 0) is 11.2 Å². The van der Waals surface area contributed by atoms with Crippen molar-refractivity contribution in [3.05, 3.63) is 59.2 Å². The molecule has 0 aliphatic carbocycles. The second kappa shape index (κ2) is 7.49. The van der Waals surface area contributed by atoms with Gasteiger partial charge in [0.1, 0.15) is 12.4 Å². The summed E-state index contributed by atoms with van der Waals surface area (Å²) in [5, 5.41) is 9.07. The molecular formula is C17H19N3O3. The van der Waals surface area contributed by atoms with Gasteiger partial charge in [-0.05, 0) is 25.8 Å². The van der Waals surface area contributed by atoms with Crippen LogP contribution < -0.4 is 0 Å². The quantitative estimate of drug-likeness (QED) is 0.880. The van der Waals surface area contributed by atoms with Crippen LogP contribution in [0.3, 0.4) is 0 Å². The van der Waals surface area contributed by atoms with Gasteiger partial charge in [0, 0.05) is 12.7 Å².